The third-order valence-electron chi connectivity index (χ3n) is 1.88. The molecular formula is C9H6F9NO3. The Morgan fingerprint density at radius 2 is 1.36 bits per heavy atom. The summed E-state index contributed by atoms with van der Waals surface area (Å²) in [5.74, 6) is -10.4. The molecule has 0 aliphatic rings. The zero-order chi connectivity index (χ0) is 17.9. The number of rotatable bonds is 3. The second kappa shape index (κ2) is 6.52. The molecule has 0 rings (SSSR count). The van der Waals surface area contributed by atoms with Crippen molar-refractivity contribution >= 4 is 17.6 Å². The number of nitrogens with zero attached hydrogens (tertiary/aromatic N) is 1. The van der Waals surface area contributed by atoms with Crippen LogP contribution in [0.3, 0.4) is 0 Å². The second-order valence-electron chi connectivity index (χ2n) is 3.54. The van der Waals surface area contributed by atoms with E-state index in [9.17, 15) is 49.1 Å². The second-order valence-corrected chi connectivity index (χ2v) is 3.54. The van der Waals surface area contributed by atoms with Crippen molar-refractivity contribution < 1.29 is 53.8 Å². The van der Waals surface area contributed by atoms with Crippen LogP contribution in [0, 0.1) is 5.92 Å². The Morgan fingerprint density at radius 1 is 0.955 bits per heavy atom. The van der Waals surface area contributed by atoms with Crippen LogP contribution in [-0.2, 0) is 14.3 Å². The third kappa shape index (κ3) is 5.52. The molecule has 0 aliphatic carbocycles. The number of carbonyl (C=O) groups excluding carboxylic acids is 2. The number of aliphatic imine (C=N–C) groups is 1. The summed E-state index contributed by atoms with van der Waals surface area (Å²) in [5.41, 5.74) is -2.73. The Hall–Kier alpha value is -1.82. The minimum absolute atomic E-state index is 0.750. The van der Waals surface area contributed by atoms with E-state index in [0.717, 1.165) is 6.92 Å². The molecule has 0 bridgehead atoms. The van der Waals surface area contributed by atoms with Crippen molar-refractivity contribution in [2.75, 3.05) is 6.61 Å². The summed E-state index contributed by atoms with van der Waals surface area (Å²) >= 11 is 0. The fraction of sp³-hybridized carbons (Fsp3) is 0.667. The molecule has 128 valence electrons. The van der Waals surface area contributed by atoms with Crippen molar-refractivity contribution in [3.05, 3.63) is 0 Å². The van der Waals surface area contributed by atoms with Gasteiger partial charge in [-0.3, -0.25) is 4.79 Å². The molecule has 0 unspecified atom stereocenters. The Labute approximate surface area is 115 Å². The molecule has 0 N–H and O–H groups in total. The highest BCUT2D eigenvalue weighted by molar-refractivity contribution is 6.39. The van der Waals surface area contributed by atoms with E-state index in [4.69, 9.17) is 0 Å². The average molecular weight is 347 g/mol. The molecule has 4 nitrogen and oxygen atoms in total. The van der Waals surface area contributed by atoms with Crippen LogP contribution in [0.5, 0.6) is 0 Å². The van der Waals surface area contributed by atoms with Gasteiger partial charge in [-0.05, 0) is 6.92 Å². The van der Waals surface area contributed by atoms with Crippen LogP contribution in [0.4, 0.5) is 39.5 Å². The van der Waals surface area contributed by atoms with Gasteiger partial charge in [0.1, 0.15) is 0 Å². The predicted molar refractivity (Wildman–Crippen MR) is 50.7 cm³/mol. The first-order valence-electron chi connectivity index (χ1n) is 5.12. The van der Waals surface area contributed by atoms with E-state index in [1.54, 1.807) is 4.99 Å². The molecule has 0 aromatic heterocycles. The maximum absolute atomic E-state index is 12.4. The van der Waals surface area contributed by atoms with Crippen LogP contribution in [0.2, 0.25) is 0 Å². The van der Waals surface area contributed by atoms with E-state index in [0.29, 0.717) is 0 Å². The smallest absolute Gasteiger partial charge is 0.461 e. The van der Waals surface area contributed by atoms with Crippen molar-refractivity contribution in [2.24, 2.45) is 10.9 Å². The number of amides is 1. The van der Waals surface area contributed by atoms with Crippen LogP contribution in [-0.4, -0.2) is 42.7 Å². The molecule has 22 heavy (non-hydrogen) atoms. The summed E-state index contributed by atoms with van der Waals surface area (Å²) < 4.78 is 114. The van der Waals surface area contributed by atoms with Crippen LogP contribution in [0.15, 0.2) is 4.99 Å². The molecule has 0 aliphatic heterocycles. The average Bonchev–Trinajstić information content (AvgIpc) is 2.22. The maximum Gasteiger partial charge on any atom is 0.473 e. The Kier molecular flexibility index (Phi) is 5.98. The zero-order valence-corrected chi connectivity index (χ0v) is 10.4. The minimum Gasteiger partial charge on any atom is -0.461 e. The molecule has 0 spiro atoms. The highest BCUT2D eigenvalue weighted by atomic mass is 19.4. The Balaban J connectivity index is 6.11. The van der Waals surface area contributed by atoms with E-state index < -0.39 is 48.6 Å². The summed E-state index contributed by atoms with van der Waals surface area (Å²) in [5, 5.41) is 0. The number of esters is 1. The van der Waals surface area contributed by atoms with Crippen molar-refractivity contribution in [1.82, 2.24) is 0 Å². The lowest BCUT2D eigenvalue weighted by atomic mass is 10.0. The number of carbonyl (C=O) groups is 2. The quantitative estimate of drug-likeness (QED) is 0.448. The van der Waals surface area contributed by atoms with Gasteiger partial charge in [0.15, 0.2) is 11.6 Å². The lowest BCUT2D eigenvalue weighted by molar-refractivity contribution is -0.261. The van der Waals surface area contributed by atoms with Gasteiger partial charge in [-0.1, -0.05) is 0 Å². The Morgan fingerprint density at radius 3 is 1.64 bits per heavy atom. The van der Waals surface area contributed by atoms with E-state index in [2.05, 4.69) is 4.74 Å². The molecule has 0 saturated carbocycles. The van der Waals surface area contributed by atoms with Crippen LogP contribution < -0.4 is 0 Å². The van der Waals surface area contributed by atoms with Gasteiger partial charge < -0.3 is 4.74 Å². The largest absolute Gasteiger partial charge is 0.473 e. The first-order valence-corrected chi connectivity index (χ1v) is 5.12. The van der Waals surface area contributed by atoms with Crippen LogP contribution >= 0.6 is 0 Å². The summed E-state index contributed by atoms with van der Waals surface area (Å²) in [6.45, 7) is 0.220. The third-order valence-corrected chi connectivity index (χ3v) is 1.88. The number of hydrogen-bond acceptors (Lipinski definition) is 3. The molecule has 0 fully saturated rings. The molecular weight excluding hydrogens is 341 g/mol. The predicted octanol–water partition coefficient (Wildman–Crippen LogP) is 2.82. The van der Waals surface area contributed by atoms with Crippen molar-refractivity contribution in [3.63, 3.8) is 0 Å². The molecule has 0 aromatic carbocycles. The lowest BCUT2D eigenvalue weighted by Crippen LogP contribution is -2.46. The molecule has 0 heterocycles. The fourth-order valence-electron chi connectivity index (χ4n) is 1.10. The van der Waals surface area contributed by atoms with Gasteiger partial charge in [-0.15, -0.1) is 0 Å². The fourth-order valence-corrected chi connectivity index (χ4v) is 1.10. The highest BCUT2D eigenvalue weighted by Gasteiger charge is 2.62. The molecule has 1 amide bonds. The summed E-state index contributed by atoms with van der Waals surface area (Å²) in [6, 6.07) is 0. The van der Waals surface area contributed by atoms with Gasteiger partial charge in [-0.2, -0.15) is 39.5 Å². The summed E-state index contributed by atoms with van der Waals surface area (Å²) in [6.07, 6.45) is -18.3. The van der Waals surface area contributed by atoms with Gasteiger partial charge in [-0.25, -0.2) is 9.79 Å². The highest BCUT2D eigenvalue weighted by Crippen LogP contribution is 2.40. The number of halogens is 9. The van der Waals surface area contributed by atoms with E-state index in [-0.39, 0.29) is 0 Å². The monoisotopic (exact) mass is 347 g/mol. The first-order chi connectivity index (χ1) is 9.62. The van der Waals surface area contributed by atoms with Gasteiger partial charge in [0.05, 0.1) is 6.61 Å². The van der Waals surface area contributed by atoms with Crippen LogP contribution in [0.1, 0.15) is 6.92 Å². The number of hydrogen-bond donors (Lipinski definition) is 0. The maximum atomic E-state index is 12.4. The topological polar surface area (TPSA) is 55.7 Å². The SMILES string of the molecule is CCOC(=O)C(=NC(=O)C(F)(F)F)C(C(F)(F)F)C(F)(F)F. The van der Waals surface area contributed by atoms with Gasteiger partial charge in [0.25, 0.3) is 0 Å². The van der Waals surface area contributed by atoms with Gasteiger partial charge in [0, 0.05) is 0 Å². The lowest BCUT2D eigenvalue weighted by Gasteiger charge is -2.23. The van der Waals surface area contributed by atoms with E-state index >= 15 is 0 Å². The molecule has 0 saturated heterocycles. The standard InChI is InChI=1S/C9H6F9NO3/c1-2-22-5(20)3(19-6(21)9(16,17)18)4(7(10,11)12)8(13,14)15/h4H,2H2,1H3. The summed E-state index contributed by atoms with van der Waals surface area (Å²) in [7, 11) is 0. The van der Waals surface area contributed by atoms with Gasteiger partial charge in [0.2, 0.25) is 0 Å². The number of ether oxygens (including phenoxy) is 1. The van der Waals surface area contributed by atoms with E-state index in [1.807, 2.05) is 0 Å². The molecule has 0 radical (unpaired) electrons. The Bertz CT molecular complexity index is 446. The molecule has 0 aromatic rings. The van der Waals surface area contributed by atoms with Crippen molar-refractivity contribution in [3.8, 4) is 0 Å². The normalized spacial score (nSPS) is 14.2. The first kappa shape index (κ1) is 20.2. The van der Waals surface area contributed by atoms with Crippen molar-refractivity contribution in [2.45, 2.75) is 25.5 Å². The molecule has 0 atom stereocenters. The molecule has 13 heteroatoms. The van der Waals surface area contributed by atoms with Crippen molar-refractivity contribution in [1.29, 1.82) is 0 Å². The minimum atomic E-state index is -6.21. The summed E-state index contributed by atoms with van der Waals surface area (Å²) in [4.78, 5) is 23.2. The van der Waals surface area contributed by atoms with E-state index in [1.165, 1.54) is 0 Å². The van der Waals surface area contributed by atoms with Gasteiger partial charge >= 0.3 is 30.4 Å². The number of alkyl halides is 9. The zero-order valence-electron chi connectivity index (χ0n) is 10.4. The van der Waals surface area contributed by atoms with Crippen LogP contribution in [0.25, 0.3) is 0 Å².